The van der Waals surface area contributed by atoms with Crippen molar-refractivity contribution in [3.8, 4) is 11.8 Å². The van der Waals surface area contributed by atoms with E-state index in [-0.39, 0.29) is 12.2 Å². The number of nitrogens with one attached hydrogen (secondary N) is 1. The molecule has 1 amide bonds. The number of carbonyl (C=O) groups is 1. The number of nitrogens with zero attached hydrogens (tertiary/aromatic N) is 2. The Hall–Kier alpha value is -2.65. The van der Waals surface area contributed by atoms with Crippen LogP contribution in [0.2, 0.25) is 0 Å². The van der Waals surface area contributed by atoms with E-state index in [0.29, 0.717) is 17.8 Å². The topological polar surface area (TPSA) is 67.2 Å². The average molecular weight is 287 g/mol. The van der Waals surface area contributed by atoms with E-state index in [9.17, 15) is 9.18 Å². The molecule has 0 spiro atoms. The fourth-order valence-corrected chi connectivity index (χ4v) is 1.68. The molecular formula is C15H14FN3O2. The molecule has 6 heteroatoms. The van der Waals surface area contributed by atoms with Crippen molar-refractivity contribution in [1.29, 1.82) is 0 Å². The quantitative estimate of drug-likeness (QED) is 0.842. The van der Waals surface area contributed by atoms with Gasteiger partial charge in [-0.2, -0.15) is 5.10 Å². The molecule has 0 fully saturated rings. The summed E-state index contributed by atoms with van der Waals surface area (Å²) in [5, 5.41) is 15.2. The predicted molar refractivity (Wildman–Crippen MR) is 76.1 cm³/mol. The third kappa shape index (κ3) is 3.68. The Labute approximate surface area is 121 Å². The van der Waals surface area contributed by atoms with Gasteiger partial charge in [0, 0.05) is 25.1 Å². The van der Waals surface area contributed by atoms with Gasteiger partial charge in [0.05, 0.1) is 18.4 Å². The van der Waals surface area contributed by atoms with Crippen LogP contribution in [0.1, 0.15) is 22.3 Å². The van der Waals surface area contributed by atoms with Gasteiger partial charge in [0.2, 0.25) is 0 Å². The fraction of sp³-hybridized carbons (Fsp3) is 0.200. The summed E-state index contributed by atoms with van der Waals surface area (Å²) < 4.78 is 15.2. The number of aryl methyl sites for hydroxylation is 1. The Kier molecular flexibility index (Phi) is 4.69. The van der Waals surface area contributed by atoms with Crippen LogP contribution in [0, 0.1) is 17.7 Å². The fourth-order valence-electron chi connectivity index (χ4n) is 1.68. The van der Waals surface area contributed by atoms with Crippen LogP contribution in [0.15, 0.2) is 30.5 Å². The molecule has 1 aromatic heterocycles. The van der Waals surface area contributed by atoms with Crippen LogP contribution < -0.4 is 5.32 Å². The number of anilines is 1. The Morgan fingerprint density at radius 3 is 2.95 bits per heavy atom. The minimum atomic E-state index is -0.623. The first kappa shape index (κ1) is 14.8. The lowest BCUT2D eigenvalue weighted by atomic mass is 10.1. The second-order valence-corrected chi connectivity index (χ2v) is 4.26. The Balaban J connectivity index is 2.22. The van der Waals surface area contributed by atoms with Gasteiger partial charge in [-0.15, -0.1) is 0 Å². The molecule has 108 valence electrons. The summed E-state index contributed by atoms with van der Waals surface area (Å²) in [7, 11) is 1.67. The van der Waals surface area contributed by atoms with E-state index in [1.807, 2.05) is 0 Å². The number of rotatable bonds is 3. The molecule has 0 radical (unpaired) electrons. The third-order valence-electron chi connectivity index (χ3n) is 2.74. The van der Waals surface area contributed by atoms with Gasteiger partial charge in [0.15, 0.2) is 0 Å². The van der Waals surface area contributed by atoms with Gasteiger partial charge in [-0.05, 0) is 18.2 Å². The first-order valence-corrected chi connectivity index (χ1v) is 6.30. The Morgan fingerprint density at radius 1 is 1.48 bits per heavy atom. The predicted octanol–water partition coefficient (Wildman–Crippen LogP) is 1.55. The highest BCUT2D eigenvalue weighted by Crippen LogP contribution is 2.13. The zero-order valence-electron chi connectivity index (χ0n) is 11.4. The lowest BCUT2D eigenvalue weighted by Crippen LogP contribution is -2.16. The average Bonchev–Trinajstić information content (AvgIpc) is 2.86. The summed E-state index contributed by atoms with van der Waals surface area (Å²) in [6, 6.07) is 5.67. The van der Waals surface area contributed by atoms with Crippen molar-refractivity contribution >= 4 is 11.7 Å². The van der Waals surface area contributed by atoms with Crippen molar-refractivity contribution in [2.24, 2.45) is 7.05 Å². The summed E-state index contributed by atoms with van der Waals surface area (Å²) in [6.45, 7) is -0.0397. The molecule has 2 rings (SSSR count). The number of aromatic nitrogens is 2. The highest BCUT2D eigenvalue weighted by molar-refractivity contribution is 6.04. The minimum absolute atomic E-state index is 0.0397. The highest BCUT2D eigenvalue weighted by atomic mass is 19.1. The number of carbonyl (C=O) groups excluding carboxylic acids is 1. The number of benzene rings is 1. The maximum Gasteiger partial charge on any atom is 0.259 e. The standard InChI is InChI=1S/C15H14FN3O2/c1-19-14(7-8-17-19)18-15(21)12-10-11(4-2-3-9-20)5-6-13(12)16/h5-8,10,20H,3,9H2,1H3,(H,18,21). The smallest absolute Gasteiger partial charge is 0.259 e. The summed E-state index contributed by atoms with van der Waals surface area (Å²) in [6.07, 6.45) is 1.86. The Morgan fingerprint density at radius 2 is 2.29 bits per heavy atom. The summed E-state index contributed by atoms with van der Waals surface area (Å²) in [5.41, 5.74) is 0.423. The molecule has 5 nitrogen and oxygen atoms in total. The Bertz CT molecular complexity index is 713. The number of amides is 1. The highest BCUT2D eigenvalue weighted by Gasteiger charge is 2.13. The molecule has 2 N–H and O–H groups in total. The molecule has 0 aliphatic carbocycles. The summed E-state index contributed by atoms with van der Waals surface area (Å²) in [4.78, 5) is 12.1. The molecule has 0 saturated carbocycles. The normalized spacial score (nSPS) is 9.86. The lowest BCUT2D eigenvalue weighted by molar-refractivity contribution is 0.102. The minimum Gasteiger partial charge on any atom is -0.395 e. The molecule has 0 aliphatic rings. The van der Waals surface area contributed by atoms with Crippen molar-refractivity contribution in [3.05, 3.63) is 47.4 Å². The largest absolute Gasteiger partial charge is 0.395 e. The molecule has 1 heterocycles. The monoisotopic (exact) mass is 287 g/mol. The van der Waals surface area contributed by atoms with Gasteiger partial charge in [-0.25, -0.2) is 4.39 Å². The van der Waals surface area contributed by atoms with Gasteiger partial charge in [-0.1, -0.05) is 11.8 Å². The van der Waals surface area contributed by atoms with Crippen molar-refractivity contribution in [2.45, 2.75) is 6.42 Å². The molecule has 0 bridgehead atoms. The van der Waals surface area contributed by atoms with E-state index in [2.05, 4.69) is 22.3 Å². The molecule has 21 heavy (non-hydrogen) atoms. The number of aliphatic hydroxyl groups excluding tert-OH is 1. The molecule has 1 aromatic carbocycles. The van der Waals surface area contributed by atoms with Gasteiger partial charge in [0.25, 0.3) is 5.91 Å². The van der Waals surface area contributed by atoms with Crippen LogP contribution in [0.3, 0.4) is 0 Å². The maximum atomic E-state index is 13.8. The maximum absolute atomic E-state index is 13.8. The zero-order valence-corrected chi connectivity index (χ0v) is 11.4. The lowest BCUT2D eigenvalue weighted by Gasteiger charge is -2.06. The summed E-state index contributed by atoms with van der Waals surface area (Å²) >= 11 is 0. The van der Waals surface area contributed by atoms with Crippen LogP contribution in [-0.4, -0.2) is 27.4 Å². The molecular weight excluding hydrogens is 273 g/mol. The number of halogens is 1. The molecule has 0 atom stereocenters. The number of aliphatic hydroxyl groups is 1. The van der Waals surface area contributed by atoms with Crippen molar-refractivity contribution in [3.63, 3.8) is 0 Å². The molecule has 0 aliphatic heterocycles. The van der Waals surface area contributed by atoms with E-state index in [1.165, 1.54) is 29.1 Å². The van der Waals surface area contributed by atoms with Crippen molar-refractivity contribution in [1.82, 2.24) is 9.78 Å². The third-order valence-corrected chi connectivity index (χ3v) is 2.74. The SMILES string of the molecule is Cn1nccc1NC(=O)c1cc(C#CCCO)ccc1F. The van der Waals surface area contributed by atoms with E-state index in [4.69, 9.17) is 5.11 Å². The van der Waals surface area contributed by atoms with Gasteiger partial charge in [0.1, 0.15) is 11.6 Å². The van der Waals surface area contributed by atoms with E-state index >= 15 is 0 Å². The molecule has 2 aromatic rings. The van der Waals surface area contributed by atoms with Crippen molar-refractivity contribution < 1.29 is 14.3 Å². The van der Waals surface area contributed by atoms with Crippen LogP contribution in [0.5, 0.6) is 0 Å². The number of hydrogen-bond donors (Lipinski definition) is 2. The van der Waals surface area contributed by atoms with Crippen LogP contribution in [0.4, 0.5) is 10.2 Å². The first-order valence-electron chi connectivity index (χ1n) is 6.30. The zero-order chi connectivity index (χ0) is 15.2. The number of hydrogen-bond acceptors (Lipinski definition) is 3. The van der Waals surface area contributed by atoms with E-state index < -0.39 is 11.7 Å². The van der Waals surface area contributed by atoms with E-state index in [0.717, 1.165) is 0 Å². The van der Waals surface area contributed by atoms with Crippen LogP contribution >= 0.6 is 0 Å². The second kappa shape index (κ2) is 6.68. The van der Waals surface area contributed by atoms with Crippen LogP contribution in [0.25, 0.3) is 0 Å². The van der Waals surface area contributed by atoms with Gasteiger partial charge >= 0.3 is 0 Å². The van der Waals surface area contributed by atoms with Gasteiger partial charge in [-0.3, -0.25) is 9.48 Å². The second-order valence-electron chi connectivity index (χ2n) is 4.26. The first-order chi connectivity index (χ1) is 10.1. The van der Waals surface area contributed by atoms with Crippen molar-refractivity contribution in [2.75, 3.05) is 11.9 Å². The van der Waals surface area contributed by atoms with Gasteiger partial charge < -0.3 is 10.4 Å². The van der Waals surface area contributed by atoms with E-state index in [1.54, 1.807) is 13.1 Å². The summed E-state index contributed by atoms with van der Waals surface area (Å²) in [5.74, 6) is 4.77. The molecule has 0 unspecified atom stereocenters. The van der Waals surface area contributed by atoms with Crippen LogP contribution in [-0.2, 0) is 7.05 Å². The molecule has 0 saturated heterocycles.